The van der Waals surface area contributed by atoms with E-state index >= 15 is 0 Å². The van der Waals surface area contributed by atoms with Crippen molar-refractivity contribution in [1.29, 1.82) is 5.26 Å². The molecule has 2 aliphatic carbocycles. The molecule has 46 heavy (non-hydrogen) atoms. The Morgan fingerprint density at radius 2 is 1.93 bits per heavy atom. The molecule has 1 saturated carbocycles. The van der Waals surface area contributed by atoms with Gasteiger partial charge in [0.2, 0.25) is 5.91 Å². The zero-order chi connectivity index (χ0) is 32.8. The summed E-state index contributed by atoms with van der Waals surface area (Å²) in [6, 6.07) is 14.4. The first-order valence-corrected chi connectivity index (χ1v) is 17.3. The van der Waals surface area contributed by atoms with Crippen LogP contribution in [0.1, 0.15) is 89.2 Å². The summed E-state index contributed by atoms with van der Waals surface area (Å²) >= 11 is 3.71. The lowest BCUT2D eigenvalue weighted by Gasteiger charge is -2.35. The van der Waals surface area contributed by atoms with Crippen molar-refractivity contribution in [1.82, 2.24) is 10.2 Å². The number of carbonyl (C=O) groups is 2. The number of benzene rings is 2. The third kappa shape index (κ3) is 7.67. The van der Waals surface area contributed by atoms with E-state index in [0.29, 0.717) is 58.7 Å². The molecule has 0 saturated heterocycles. The normalized spacial score (nSPS) is 20.0. The van der Waals surface area contributed by atoms with Crippen LogP contribution in [0, 0.1) is 17.2 Å². The van der Waals surface area contributed by atoms with Crippen LogP contribution < -0.4 is 20.1 Å². The average molecular weight is 690 g/mol. The lowest BCUT2D eigenvalue weighted by atomic mass is 9.72. The average Bonchev–Trinajstić information content (AvgIpc) is 3.56. The van der Waals surface area contributed by atoms with Gasteiger partial charge in [0, 0.05) is 35.1 Å². The van der Waals surface area contributed by atoms with Crippen LogP contribution in [0.2, 0.25) is 0 Å². The van der Waals surface area contributed by atoms with Crippen molar-refractivity contribution in [3.63, 3.8) is 0 Å². The second kappa shape index (κ2) is 15.3. The first kappa shape index (κ1) is 33.7. The van der Waals surface area contributed by atoms with Gasteiger partial charge in [-0.3, -0.25) is 14.5 Å². The SMILES string of the molecule is CCCC1CC(=O)C2=C(C1)NC(C)=C(C#N)C2c1cc(Br)c(OCc2cccc(NC(=O)CN(C)C3CCCC3)c2)c(OCC)c1. The Bertz CT molecular complexity index is 1570. The highest BCUT2D eigenvalue weighted by molar-refractivity contribution is 9.10. The Morgan fingerprint density at radius 3 is 2.65 bits per heavy atom. The van der Waals surface area contributed by atoms with Gasteiger partial charge in [0.05, 0.1) is 35.2 Å². The Morgan fingerprint density at radius 1 is 1.15 bits per heavy atom. The summed E-state index contributed by atoms with van der Waals surface area (Å²) in [5.41, 5.74) is 5.37. The molecule has 244 valence electrons. The van der Waals surface area contributed by atoms with Gasteiger partial charge in [-0.15, -0.1) is 0 Å². The zero-order valence-electron chi connectivity index (χ0n) is 27.4. The Labute approximate surface area is 281 Å². The van der Waals surface area contributed by atoms with Crippen molar-refractivity contribution < 1.29 is 19.1 Å². The molecule has 2 atom stereocenters. The van der Waals surface area contributed by atoms with Crippen molar-refractivity contribution in [3.8, 4) is 17.6 Å². The predicted octanol–water partition coefficient (Wildman–Crippen LogP) is 7.76. The van der Waals surface area contributed by atoms with Crippen LogP contribution in [0.25, 0.3) is 0 Å². The number of hydrogen-bond donors (Lipinski definition) is 2. The summed E-state index contributed by atoms with van der Waals surface area (Å²) in [4.78, 5) is 28.5. The highest BCUT2D eigenvalue weighted by Crippen LogP contribution is 2.47. The van der Waals surface area contributed by atoms with E-state index in [2.05, 4.69) is 44.5 Å². The van der Waals surface area contributed by atoms with Gasteiger partial charge < -0.3 is 20.1 Å². The molecule has 0 spiro atoms. The van der Waals surface area contributed by atoms with E-state index in [1.54, 1.807) is 0 Å². The van der Waals surface area contributed by atoms with Crippen LogP contribution in [0.5, 0.6) is 11.5 Å². The van der Waals surface area contributed by atoms with Crippen molar-refractivity contribution >= 4 is 33.3 Å². The van der Waals surface area contributed by atoms with Crippen LogP contribution in [0.3, 0.4) is 0 Å². The van der Waals surface area contributed by atoms with Gasteiger partial charge in [-0.2, -0.15) is 5.26 Å². The van der Waals surface area contributed by atoms with Gasteiger partial charge in [0.1, 0.15) is 6.61 Å². The smallest absolute Gasteiger partial charge is 0.238 e. The van der Waals surface area contributed by atoms with E-state index in [9.17, 15) is 14.9 Å². The van der Waals surface area contributed by atoms with E-state index in [1.807, 2.05) is 57.3 Å². The fraction of sp³-hybridized carbons (Fsp3) is 0.486. The van der Waals surface area contributed by atoms with Crippen molar-refractivity contribution in [2.24, 2.45) is 5.92 Å². The molecule has 5 rings (SSSR count). The summed E-state index contributed by atoms with van der Waals surface area (Å²) in [5.74, 6) is 0.983. The van der Waals surface area contributed by atoms with E-state index in [0.717, 1.165) is 60.3 Å². The minimum absolute atomic E-state index is 0.0287. The highest BCUT2D eigenvalue weighted by Gasteiger charge is 2.39. The number of anilines is 1. The number of nitriles is 1. The first-order valence-electron chi connectivity index (χ1n) is 16.5. The molecule has 1 fully saturated rings. The minimum atomic E-state index is -0.478. The van der Waals surface area contributed by atoms with Crippen molar-refractivity contribution in [2.45, 2.75) is 90.7 Å². The predicted molar refractivity (Wildman–Crippen MR) is 183 cm³/mol. The number of carbonyl (C=O) groups excluding carboxylic acids is 2. The Hall–Kier alpha value is -3.61. The number of hydrogen-bond acceptors (Lipinski definition) is 7. The fourth-order valence-electron chi connectivity index (χ4n) is 7.17. The maximum Gasteiger partial charge on any atom is 0.238 e. The number of ketones is 1. The van der Waals surface area contributed by atoms with Crippen LogP contribution >= 0.6 is 15.9 Å². The summed E-state index contributed by atoms with van der Waals surface area (Å²) in [6.07, 6.45) is 8.11. The van der Waals surface area contributed by atoms with Crippen LogP contribution in [0.15, 0.2) is 63.4 Å². The number of dihydropyridines is 1. The van der Waals surface area contributed by atoms with E-state index < -0.39 is 5.92 Å². The van der Waals surface area contributed by atoms with Gasteiger partial charge in [-0.1, -0.05) is 38.3 Å². The third-order valence-electron chi connectivity index (χ3n) is 9.33. The van der Waals surface area contributed by atoms with Crippen molar-refractivity contribution in [2.75, 3.05) is 25.5 Å². The Balaban J connectivity index is 1.35. The van der Waals surface area contributed by atoms with Gasteiger partial charge in [-0.25, -0.2) is 0 Å². The standard InChI is InChI=1S/C37H45BrN4O4/c1-5-10-24-16-31-36(32(43)17-24)35(29(20-39)23(3)40-31)26-18-30(38)37(33(19-26)45-6-2)46-22-25-11-9-12-27(15-25)41-34(44)21-42(4)28-13-7-8-14-28/h9,11-12,15,18-19,24,28,35,40H,5-8,10,13-14,16-17,21-22H2,1-4H3,(H,41,44). The number of halogens is 1. The number of nitrogens with zero attached hydrogens (tertiary/aromatic N) is 2. The number of Topliss-reactive ketones (excluding diaryl/α,β-unsaturated/α-hetero) is 1. The van der Waals surface area contributed by atoms with Crippen molar-refractivity contribution in [3.05, 3.63) is 74.5 Å². The van der Waals surface area contributed by atoms with Crippen LogP contribution in [-0.4, -0.2) is 42.8 Å². The molecule has 3 aliphatic rings. The molecule has 2 aromatic carbocycles. The van der Waals surface area contributed by atoms with E-state index in [1.165, 1.54) is 12.8 Å². The molecule has 1 heterocycles. The molecular formula is C37H45BrN4O4. The fourth-order valence-corrected chi connectivity index (χ4v) is 7.74. The second-order valence-corrected chi connectivity index (χ2v) is 13.6. The first-order chi connectivity index (χ1) is 22.2. The Kier molecular flexibility index (Phi) is 11.2. The lowest BCUT2D eigenvalue weighted by Crippen LogP contribution is -2.36. The molecule has 1 aliphatic heterocycles. The van der Waals surface area contributed by atoms with E-state index in [4.69, 9.17) is 9.47 Å². The monoisotopic (exact) mass is 688 g/mol. The molecular weight excluding hydrogens is 644 g/mol. The maximum atomic E-state index is 13.6. The number of ether oxygens (including phenoxy) is 2. The molecule has 8 nitrogen and oxygen atoms in total. The lowest BCUT2D eigenvalue weighted by molar-refractivity contribution is -0.118. The van der Waals surface area contributed by atoms with Crippen LogP contribution in [-0.2, 0) is 16.2 Å². The van der Waals surface area contributed by atoms with Crippen LogP contribution in [0.4, 0.5) is 5.69 Å². The number of amides is 1. The third-order valence-corrected chi connectivity index (χ3v) is 9.92. The van der Waals surface area contributed by atoms with Gasteiger partial charge in [-0.05, 0) is 104 Å². The van der Waals surface area contributed by atoms with Gasteiger partial charge in [0.25, 0.3) is 0 Å². The highest BCUT2D eigenvalue weighted by atomic mass is 79.9. The maximum absolute atomic E-state index is 13.6. The molecule has 0 aromatic heterocycles. The molecule has 2 unspecified atom stereocenters. The molecule has 2 N–H and O–H groups in total. The van der Waals surface area contributed by atoms with Gasteiger partial charge in [0.15, 0.2) is 17.3 Å². The summed E-state index contributed by atoms with van der Waals surface area (Å²) in [7, 11) is 2.02. The summed E-state index contributed by atoms with van der Waals surface area (Å²) in [6.45, 7) is 7.00. The minimum Gasteiger partial charge on any atom is -0.490 e. The number of nitrogens with one attached hydrogen (secondary N) is 2. The summed E-state index contributed by atoms with van der Waals surface area (Å²) < 4.78 is 13.1. The number of allylic oxidation sites excluding steroid dienone is 4. The molecule has 0 bridgehead atoms. The molecule has 9 heteroatoms. The molecule has 1 amide bonds. The zero-order valence-corrected chi connectivity index (χ0v) is 29.0. The second-order valence-electron chi connectivity index (χ2n) is 12.7. The number of rotatable bonds is 12. The summed E-state index contributed by atoms with van der Waals surface area (Å²) in [5, 5.41) is 16.6. The topological polar surface area (TPSA) is 104 Å². The molecule has 0 radical (unpaired) electrons. The quantitative estimate of drug-likeness (QED) is 0.235. The molecule has 2 aromatic rings. The largest absolute Gasteiger partial charge is 0.490 e. The van der Waals surface area contributed by atoms with E-state index in [-0.39, 0.29) is 18.3 Å². The number of likely N-dealkylation sites (N-methyl/N-ethyl adjacent to an activating group) is 1. The van der Waals surface area contributed by atoms with Gasteiger partial charge >= 0.3 is 0 Å².